The van der Waals surface area contributed by atoms with E-state index < -0.39 is 0 Å². The highest BCUT2D eigenvalue weighted by molar-refractivity contribution is 6.09. The molecule has 0 spiro atoms. The Kier molecular flexibility index (Phi) is 32.1. The lowest BCUT2D eigenvalue weighted by atomic mass is 10.1. The van der Waals surface area contributed by atoms with Gasteiger partial charge in [-0.15, -0.1) is 0 Å². The molecule has 5 rings (SSSR count). The summed E-state index contributed by atoms with van der Waals surface area (Å²) in [4.78, 5) is 0. The van der Waals surface area contributed by atoms with Gasteiger partial charge in [0.1, 0.15) is 13.1 Å². The Morgan fingerprint density at radius 2 is 0.687 bits per heavy atom. The maximum Gasteiger partial charge on any atom is 0.205 e. The van der Waals surface area contributed by atoms with Crippen LogP contribution in [0.25, 0.3) is 46.1 Å². The first-order valence-electron chi connectivity index (χ1n) is 27.6. The lowest BCUT2D eigenvalue weighted by Gasteiger charge is -2.09. The first-order valence-corrected chi connectivity index (χ1v) is 27.6. The van der Waals surface area contributed by atoms with E-state index in [1.54, 1.807) is 0 Å². The fourth-order valence-corrected chi connectivity index (χ4v) is 9.93. The number of benzene rings is 2. The van der Waals surface area contributed by atoms with Crippen molar-refractivity contribution < 1.29 is 43.1 Å². The quantitative estimate of drug-likeness (QED) is 0.0278. The van der Waals surface area contributed by atoms with E-state index in [1.807, 2.05) is 0 Å². The highest BCUT2D eigenvalue weighted by atomic mass is 79.9. The van der Waals surface area contributed by atoms with Crippen LogP contribution in [0.15, 0.2) is 85.2 Å². The summed E-state index contributed by atoms with van der Waals surface area (Å²) in [5.74, 6) is 0. The second kappa shape index (κ2) is 36.9. The first-order chi connectivity index (χ1) is 32.2. The van der Waals surface area contributed by atoms with E-state index in [0.29, 0.717) is 0 Å². The van der Waals surface area contributed by atoms with Crippen LogP contribution < -0.4 is 43.1 Å². The summed E-state index contributed by atoms with van der Waals surface area (Å²) in [5, 5.41) is 2.74. The maximum atomic E-state index is 2.64. The maximum absolute atomic E-state index is 2.64. The van der Waals surface area contributed by atoms with Crippen molar-refractivity contribution in [2.24, 2.45) is 0 Å². The number of rotatable bonds is 37. The highest BCUT2D eigenvalue weighted by Crippen LogP contribution is 2.32. The van der Waals surface area contributed by atoms with Gasteiger partial charge in [0.15, 0.2) is 12.4 Å². The lowest BCUT2D eigenvalue weighted by molar-refractivity contribution is -0.699. The van der Waals surface area contributed by atoms with Gasteiger partial charge in [0.25, 0.3) is 0 Å². The average Bonchev–Trinajstić information content (AvgIpc) is 3.64. The zero-order valence-corrected chi connectivity index (χ0v) is 46.0. The van der Waals surface area contributed by atoms with Crippen LogP contribution in [0.4, 0.5) is 0 Å². The fourth-order valence-electron chi connectivity index (χ4n) is 9.93. The molecule has 67 heavy (non-hydrogen) atoms. The van der Waals surface area contributed by atoms with E-state index in [-0.39, 0.29) is 34.0 Å². The topological polar surface area (TPSA) is 12.7 Å². The van der Waals surface area contributed by atoms with Crippen molar-refractivity contribution in [2.45, 2.75) is 233 Å². The molecule has 3 aromatic heterocycles. The van der Waals surface area contributed by atoms with Gasteiger partial charge in [-0.1, -0.05) is 206 Å². The molecule has 370 valence electrons. The van der Waals surface area contributed by atoms with Crippen LogP contribution in [0.5, 0.6) is 0 Å². The monoisotopic (exact) mass is 1040 g/mol. The summed E-state index contributed by atoms with van der Waals surface area (Å²) in [5.41, 5.74) is 7.85. The van der Waals surface area contributed by atoms with Crippen LogP contribution in [-0.2, 0) is 19.6 Å². The van der Waals surface area contributed by atoms with Crippen molar-refractivity contribution in [3.8, 4) is 0 Å². The third-order valence-corrected chi connectivity index (χ3v) is 14.0. The Balaban J connectivity index is 0.00000595. The van der Waals surface area contributed by atoms with Gasteiger partial charge in [0.05, 0.1) is 0 Å². The van der Waals surface area contributed by atoms with Crippen LogP contribution in [0, 0.1) is 0 Å². The number of aromatic nitrogens is 3. The highest BCUT2D eigenvalue weighted by Gasteiger charge is 2.13. The van der Waals surface area contributed by atoms with Crippen LogP contribution in [0.3, 0.4) is 0 Å². The predicted molar refractivity (Wildman–Crippen MR) is 286 cm³/mol. The Labute approximate surface area is 431 Å². The molecule has 0 fully saturated rings. The molecule has 2 aromatic carbocycles. The number of fused-ring (bicyclic) bond motifs is 3. The summed E-state index contributed by atoms with van der Waals surface area (Å²) in [6.07, 6.45) is 54.9. The van der Waals surface area contributed by atoms with Gasteiger partial charge in [0, 0.05) is 77.6 Å². The summed E-state index contributed by atoms with van der Waals surface area (Å²) in [6, 6.07) is 27.6. The number of aryl methyl sites for hydroxylation is 3. The molecule has 3 nitrogen and oxygen atoms in total. The predicted octanol–water partition coefficient (Wildman–Crippen LogP) is 12.5. The number of halogens is 2. The molecule has 0 N–H and O–H groups in total. The van der Waals surface area contributed by atoms with Crippen molar-refractivity contribution in [1.29, 1.82) is 0 Å². The number of hydrogen-bond acceptors (Lipinski definition) is 0. The van der Waals surface area contributed by atoms with Crippen LogP contribution >= 0.6 is 0 Å². The van der Waals surface area contributed by atoms with Crippen molar-refractivity contribution in [3.63, 3.8) is 0 Å². The van der Waals surface area contributed by atoms with Gasteiger partial charge in [0.2, 0.25) is 11.4 Å². The van der Waals surface area contributed by atoms with E-state index in [1.165, 1.54) is 237 Å². The van der Waals surface area contributed by atoms with Gasteiger partial charge >= 0.3 is 0 Å². The van der Waals surface area contributed by atoms with Gasteiger partial charge in [-0.25, -0.2) is 0 Å². The summed E-state index contributed by atoms with van der Waals surface area (Å²) in [6.45, 7) is 10.2. The fraction of sp³-hybridized carbons (Fsp3) is 0.581. The molecule has 5 aromatic rings. The van der Waals surface area contributed by atoms with E-state index >= 15 is 0 Å². The zero-order valence-electron chi connectivity index (χ0n) is 42.8. The van der Waals surface area contributed by atoms with E-state index in [9.17, 15) is 0 Å². The van der Waals surface area contributed by atoms with Crippen LogP contribution in [0.1, 0.15) is 236 Å². The molecular formula is C62H93Br2N3. The molecule has 0 amide bonds. The third kappa shape index (κ3) is 22.1. The van der Waals surface area contributed by atoms with Gasteiger partial charge in [-0.3, -0.25) is 0 Å². The van der Waals surface area contributed by atoms with Gasteiger partial charge in [-0.2, -0.15) is 9.13 Å². The second-order valence-corrected chi connectivity index (χ2v) is 19.6. The summed E-state index contributed by atoms with van der Waals surface area (Å²) < 4.78 is 7.55. The molecular weight excluding hydrogens is 947 g/mol. The average molecular weight is 1040 g/mol. The molecule has 0 radical (unpaired) electrons. The van der Waals surface area contributed by atoms with Gasteiger partial charge in [-0.05, 0) is 66.8 Å². The van der Waals surface area contributed by atoms with Crippen molar-refractivity contribution in [3.05, 3.63) is 108 Å². The van der Waals surface area contributed by atoms with Crippen molar-refractivity contribution >= 4 is 46.1 Å². The summed E-state index contributed by atoms with van der Waals surface area (Å²) in [7, 11) is 0. The smallest absolute Gasteiger partial charge is 0.205 e. The zero-order chi connectivity index (χ0) is 45.4. The molecule has 0 atom stereocenters. The molecule has 0 aliphatic heterocycles. The van der Waals surface area contributed by atoms with E-state index in [4.69, 9.17) is 0 Å². The molecule has 0 aliphatic rings. The minimum absolute atomic E-state index is 0. The Bertz CT molecular complexity index is 1940. The molecule has 0 bridgehead atoms. The SMILES string of the molecule is CCCCCCCCCCCCn1c2cc(/C=C/c3cccc[n+]3CCCCCCCCCCCC)ccc2c2ccc(/C=C/c3cccc[n+]3CCCCCCCCCCCC)cc21.[Br-].[Br-]. The van der Waals surface area contributed by atoms with Crippen molar-refractivity contribution in [2.75, 3.05) is 0 Å². The minimum Gasteiger partial charge on any atom is -1.00 e. The van der Waals surface area contributed by atoms with E-state index in [2.05, 4.69) is 144 Å². The number of nitrogens with zero attached hydrogens (tertiary/aromatic N) is 3. The normalized spacial score (nSPS) is 11.6. The first kappa shape index (κ1) is 58.3. The van der Waals surface area contributed by atoms with Gasteiger partial charge < -0.3 is 38.5 Å². The largest absolute Gasteiger partial charge is 1.00 e. The molecule has 0 saturated heterocycles. The van der Waals surface area contributed by atoms with Crippen LogP contribution in [0.2, 0.25) is 0 Å². The molecule has 5 heteroatoms. The molecule has 0 aliphatic carbocycles. The lowest BCUT2D eigenvalue weighted by Crippen LogP contribution is -3.00. The Morgan fingerprint density at radius 1 is 0.358 bits per heavy atom. The van der Waals surface area contributed by atoms with Crippen LogP contribution in [-0.4, -0.2) is 4.57 Å². The van der Waals surface area contributed by atoms with E-state index in [0.717, 1.165) is 19.6 Å². The second-order valence-electron chi connectivity index (χ2n) is 19.6. The Morgan fingerprint density at radius 3 is 1.04 bits per heavy atom. The third-order valence-electron chi connectivity index (χ3n) is 14.0. The minimum atomic E-state index is 0. The standard InChI is InChI=1S/C62H93N3.2BrH/c1-4-7-10-13-16-19-22-25-28-33-48-63-50-36-31-38-57(63)44-40-55-42-46-59-60-47-43-56(54-62(60)65(61(59)53-55)52-35-30-27-24-21-18-15-12-9-6-3)41-45-58-39-32-37-51-64(58)49-34-29-26-23-20-17-14-11-8-5-2;;/h31-32,36-47,50-51,53-54H,4-30,33-35,48-49,52H2,1-3H3;2*1H/q+2;;/p-2. The Hall–Kier alpha value is -3.02. The van der Waals surface area contributed by atoms with Crippen molar-refractivity contribution in [1.82, 2.24) is 4.57 Å². The number of pyridine rings is 2. The number of hydrogen-bond donors (Lipinski definition) is 0. The molecule has 3 heterocycles. The molecule has 0 unspecified atom stereocenters. The summed E-state index contributed by atoms with van der Waals surface area (Å²) >= 11 is 0. The molecule has 0 saturated carbocycles. The number of unbranched alkanes of at least 4 members (excludes halogenated alkanes) is 27.